The van der Waals surface area contributed by atoms with Crippen LogP contribution < -0.4 is 9.47 Å². The maximum atomic E-state index is 14.9. The molecule has 44 heavy (non-hydrogen) atoms. The van der Waals surface area contributed by atoms with Crippen LogP contribution in [0.1, 0.15) is 56.4 Å². The largest absolute Gasteiger partial charge is 0.573 e. The minimum atomic E-state index is -4.86. The van der Waals surface area contributed by atoms with Gasteiger partial charge in [0.05, 0.1) is 18.8 Å². The number of benzene rings is 3. The van der Waals surface area contributed by atoms with Crippen molar-refractivity contribution in [2.24, 2.45) is 5.92 Å². The second-order valence-corrected chi connectivity index (χ2v) is 10.3. The molecule has 0 atom stereocenters. The molecule has 0 saturated carbocycles. The highest BCUT2D eigenvalue weighted by atomic mass is 19.4. The first-order chi connectivity index (χ1) is 21.0. The maximum Gasteiger partial charge on any atom is 0.573 e. The summed E-state index contributed by atoms with van der Waals surface area (Å²) in [5.74, 6) is -1.53. The molecule has 10 heteroatoms. The Balaban J connectivity index is 1.27. The average Bonchev–Trinajstić information content (AvgIpc) is 2.99. The lowest BCUT2D eigenvalue weighted by molar-refractivity contribution is -0.274. The molecule has 0 aliphatic carbocycles. The van der Waals surface area contributed by atoms with E-state index in [4.69, 9.17) is 14.2 Å². The zero-order chi connectivity index (χ0) is 31.6. The highest BCUT2D eigenvalue weighted by Gasteiger charge is 2.35. The third-order valence-corrected chi connectivity index (χ3v) is 6.88. The summed E-state index contributed by atoms with van der Waals surface area (Å²) >= 11 is 0. The monoisotopic (exact) mass is 620 g/mol. The molecule has 1 saturated heterocycles. The van der Waals surface area contributed by atoms with Gasteiger partial charge >= 0.3 is 12.5 Å². The minimum Gasteiger partial charge on any atom is -0.429 e. The first kappa shape index (κ1) is 33.1. The van der Waals surface area contributed by atoms with Crippen molar-refractivity contribution in [3.63, 3.8) is 0 Å². The molecule has 4 rings (SSSR count). The second kappa shape index (κ2) is 15.3. The summed E-state index contributed by atoms with van der Waals surface area (Å²) in [6.45, 7) is 3.12. The van der Waals surface area contributed by atoms with E-state index < -0.39 is 41.6 Å². The number of halogens is 6. The summed E-state index contributed by atoms with van der Waals surface area (Å²) in [5.41, 5.74) is 0.360. The van der Waals surface area contributed by atoms with Gasteiger partial charge in [-0.25, -0.2) is 4.39 Å². The quantitative estimate of drug-likeness (QED) is 0.108. The van der Waals surface area contributed by atoms with E-state index >= 15 is 0 Å². The molecule has 4 nitrogen and oxygen atoms in total. The highest BCUT2D eigenvalue weighted by molar-refractivity contribution is 5.65. The maximum absolute atomic E-state index is 14.9. The SMILES string of the molecule is CC/C=C/CC/C=C/CCC1COC(c2ccc(C(F)(F)Oc3ccc(-c4ccc(OC(F)(F)F)cc4)c(F)c3)cc2)OC1. The molecular weight excluding hydrogens is 586 g/mol. The van der Waals surface area contributed by atoms with Crippen LogP contribution in [-0.4, -0.2) is 19.6 Å². The van der Waals surface area contributed by atoms with Gasteiger partial charge in [-0.2, -0.15) is 8.78 Å². The van der Waals surface area contributed by atoms with E-state index in [-0.39, 0.29) is 17.0 Å². The highest BCUT2D eigenvalue weighted by Crippen LogP contribution is 2.36. The third kappa shape index (κ3) is 9.89. The van der Waals surface area contributed by atoms with Gasteiger partial charge in [0.2, 0.25) is 0 Å². The molecule has 0 N–H and O–H groups in total. The smallest absolute Gasteiger partial charge is 0.429 e. The molecule has 0 spiro atoms. The van der Waals surface area contributed by atoms with E-state index in [9.17, 15) is 26.3 Å². The van der Waals surface area contributed by atoms with E-state index in [1.54, 1.807) is 0 Å². The van der Waals surface area contributed by atoms with E-state index in [0.29, 0.717) is 18.8 Å². The van der Waals surface area contributed by atoms with E-state index in [1.165, 1.54) is 42.5 Å². The van der Waals surface area contributed by atoms with Gasteiger partial charge in [0.1, 0.15) is 17.3 Å². The molecule has 1 aliphatic rings. The van der Waals surface area contributed by atoms with Crippen molar-refractivity contribution in [2.75, 3.05) is 13.2 Å². The summed E-state index contributed by atoms with van der Waals surface area (Å²) in [7, 11) is 0. The lowest BCUT2D eigenvalue weighted by atomic mass is 10.0. The second-order valence-electron chi connectivity index (χ2n) is 10.3. The van der Waals surface area contributed by atoms with Crippen LogP contribution in [0.2, 0.25) is 0 Å². The number of ether oxygens (including phenoxy) is 4. The number of hydrogen-bond donors (Lipinski definition) is 0. The van der Waals surface area contributed by atoms with Crippen LogP contribution in [0.3, 0.4) is 0 Å². The molecule has 0 aromatic heterocycles. The van der Waals surface area contributed by atoms with Crippen molar-refractivity contribution < 1.29 is 45.3 Å². The summed E-state index contributed by atoms with van der Waals surface area (Å²) < 4.78 is 102. The summed E-state index contributed by atoms with van der Waals surface area (Å²) in [5, 5.41) is 0. The van der Waals surface area contributed by atoms with Crippen LogP contribution in [0.15, 0.2) is 91.0 Å². The van der Waals surface area contributed by atoms with Crippen LogP contribution in [-0.2, 0) is 15.6 Å². The number of allylic oxidation sites excluding steroid dienone is 4. The molecular formula is C34H34F6O4. The number of rotatable bonds is 13. The van der Waals surface area contributed by atoms with Crippen molar-refractivity contribution in [1.82, 2.24) is 0 Å². The predicted molar refractivity (Wildman–Crippen MR) is 155 cm³/mol. The van der Waals surface area contributed by atoms with E-state index in [0.717, 1.165) is 56.4 Å². The fourth-order valence-corrected chi connectivity index (χ4v) is 4.62. The van der Waals surface area contributed by atoms with Crippen LogP contribution in [0.5, 0.6) is 11.5 Å². The first-order valence-corrected chi connectivity index (χ1v) is 14.4. The molecule has 1 aliphatic heterocycles. The predicted octanol–water partition coefficient (Wildman–Crippen LogP) is 10.3. The molecule has 3 aromatic carbocycles. The average molecular weight is 621 g/mol. The van der Waals surface area contributed by atoms with Crippen LogP contribution in [0.4, 0.5) is 26.3 Å². The third-order valence-electron chi connectivity index (χ3n) is 6.88. The van der Waals surface area contributed by atoms with Gasteiger partial charge in [0, 0.05) is 23.1 Å². The van der Waals surface area contributed by atoms with Gasteiger partial charge in [-0.15, -0.1) is 13.2 Å². The van der Waals surface area contributed by atoms with Gasteiger partial charge in [-0.3, -0.25) is 0 Å². The standard InChI is InChI=1S/C34H34F6O4/c1-2-3-4-5-6-7-8-9-10-24-22-41-32(42-23-24)26-11-15-27(16-12-26)33(36,37)43-29-19-20-30(31(35)21-29)25-13-17-28(18-14-25)44-34(38,39)40/h3-4,7-8,11-21,24,32H,2,5-6,9-10,22-23H2,1H3/b4-3+,8-7+. The van der Waals surface area contributed by atoms with Crippen molar-refractivity contribution in [3.8, 4) is 22.6 Å². The van der Waals surface area contributed by atoms with Crippen LogP contribution in [0, 0.1) is 11.7 Å². The Morgan fingerprint density at radius 1 is 0.750 bits per heavy atom. The fourth-order valence-electron chi connectivity index (χ4n) is 4.62. The molecule has 0 unspecified atom stereocenters. The summed E-state index contributed by atoms with van der Waals surface area (Å²) in [4.78, 5) is 0. The van der Waals surface area contributed by atoms with Gasteiger partial charge in [0.15, 0.2) is 6.29 Å². The molecule has 1 heterocycles. The molecule has 0 radical (unpaired) electrons. The Labute approximate surface area is 252 Å². The van der Waals surface area contributed by atoms with Gasteiger partial charge < -0.3 is 18.9 Å². The summed E-state index contributed by atoms with van der Waals surface area (Å²) in [6, 6.07) is 13.0. The Kier molecular flexibility index (Phi) is 11.5. The summed E-state index contributed by atoms with van der Waals surface area (Å²) in [6.07, 6.45) is 4.38. The lowest BCUT2D eigenvalue weighted by Crippen LogP contribution is -2.27. The van der Waals surface area contributed by atoms with Crippen LogP contribution >= 0.6 is 0 Å². The van der Waals surface area contributed by atoms with Crippen molar-refractivity contribution in [1.29, 1.82) is 0 Å². The van der Waals surface area contributed by atoms with Gasteiger partial charge in [-0.05, 0) is 74.1 Å². The minimum absolute atomic E-state index is 0.00905. The Hall–Kier alpha value is -3.76. The van der Waals surface area contributed by atoms with Gasteiger partial charge in [0.25, 0.3) is 0 Å². The topological polar surface area (TPSA) is 36.9 Å². The zero-order valence-electron chi connectivity index (χ0n) is 24.2. The fraction of sp³-hybridized carbons (Fsp3) is 0.353. The molecule has 0 bridgehead atoms. The normalized spacial score (nSPS) is 17.8. The van der Waals surface area contributed by atoms with Crippen LogP contribution in [0.25, 0.3) is 11.1 Å². The number of alkyl halides is 5. The number of unbranched alkanes of at least 4 members (excludes halogenated alkanes) is 1. The Bertz CT molecular complexity index is 1380. The van der Waals surface area contributed by atoms with E-state index in [1.807, 2.05) is 0 Å². The van der Waals surface area contributed by atoms with Crippen molar-refractivity contribution in [3.05, 3.63) is 108 Å². The molecule has 3 aromatic rings. The molecule has 1 fully saturated rings. The Morgan fingerprint density at radius 2 is 1.36 bits per heavy atom. The van der Waals surface area contributed by atoms with Crippen molar-refractivity contribution in [2.45, 2.75) is 57.8 Å². The first-order valence-electron chi connectivity index (χ1n) is 14.4. The van der Waals surface area contributed by atoms with E-state index in [2.05, 4.69) is 36.0 Å². The zero-order valence-corrected chi connectivity index (χ0v) is 24.2. The lowest BCUT2D eigenvalue weighted by Gasteiger charge is -2.29. The molecule has 0 amide bonds. The molecule has 236 valence electrons. The van der Waals surface area contributed by atoms with Gasteiger partial charge in [-0.1, -0.05) is 55.5 Å². The number of hydrogen-bond acceptors (Lipinski definition) is 4. The Morgan fingerprint density at radius 3 is 1.98 bits per heavy atom. The van der Waals surface area contributed by atoms with Crippen molar-refractivity contribution >= 4 is 0 Å².